The molecule has 5 heteroatoms. The van der Waals surface area contributed by atoms with E-state index in [0.717, 1.165) is 30.4 Å². The molecule has 0 radical (unpaired) electrons. The van der Waals surface area contributed by atoms with Gasteiger partial charge in [-0.2, -0.15) is 0 Å². The second kappa shape index (κ2) is 8.62. The highest BCUT2D eigenvalue weighted by atomic mass is 32.1. The number of carbonyl (C=O) groups excluding carboxylic acids is 2. The number of nitrogens with two attached hydrogens (primary N) is 1. The van der Waals surface area contributed by atoms with Crippen molar-refractivity contribution in [3.8, 4) is 0 Å². The fraction of sp³-hybridized carbons (Fsp3) is 0.462. The molecule has 3 rings (SSSR count). The summed E-state index contributed by atoms with van der Waals surface area (Å²) in [5, 5.41) is 3.47. The molecule has 166 valence electrons. The fourth-order valence-corrected chi connectivity index (χ4v) is 5.43. The Kier molecular flexibility index (Phi) is 6.47. The van der Waals surface area contributed by atoms with Crippen molar-refractivity contribution in [2.24, 2.45) is 17.1 Å². The summed E-state index contributed by atoms with van der Waals surface area (Å²) in [5.74, 6) is -0.170. The van der Waals surface area contributed by atoms with Crippen LogP contribution in [0.5, 0.6) is 0 Å². The summed E-state index contributed by atoms with van der Waals surface area (Å²) in [6.07, 6.45) is 6.08. The Labute approximate surface area is 189 Å². The maximum absolute atomic E-state index is 12.6. The van der Waals surface area contributed by atoms with E-state index >= 15 is 0 Å². The van der Waals surface area contributed by atoms with Gasteiger partial charge in [0.2, 0.25) is 5.91 Å². The first kappa shape index (κ1) is 23.3. The summed E-state index contributed by atoms with van der Waals surface area (Å²) in [6, 6.07) is 8.19. The Hall–Kier alpha value is -2.40. The largest absolute Gasteiger partial charge is 0.365 e. The zero-order valence-electron chi connectivity index (χ0n) is 19.5. The number of thiophene rings is 1. The SMILES string of the molecule is CC(C)(C)c1ccc(/C=C/C(=O)Nc2sc3c(c2C(N)=O)CCC(C(C)(C)C)C3)cc1. The van der Waals surface area contributed by atoms with Crippen LogP contribution in [0.25, 0.3) is 6.08 Å². The highest BCUT2D eigenvalue weighted by Gasteiger charge is 2.33. The predicted molar refractivity (Wildman–Crippen MR) is 131 cm³/mol. The number of amides is 2. The average Bonchev–Trinajstić information content (AvgIpc) is 3.02. The summed E-state index contributed by atoms with van der Waals surface area (Å²) < 4.78 is 0. The first-order valence-corrected chi connectivity index (χ1v) is 11.7. The molecule has 1 aliphatic carbocycles. The van der Waals surface area contributed by atoms with Crippen molar-refractivity contribution < 1.29 is 9.59 Å². The fourth-order valence-electron chi connectivity index (χ4n) is 4.09. The first-order chi connectivity index (χ1) is 14.4. The van der Waals surface area contributed by atoms with Gasteiger partial charge in [0.1, 0.15) is 5.00 Å². The van der Waals surface area contributed by atoms with Crippen molar-refractivity contribution in [1.82, 2.24) is 0 Å². The molecule has 1 unspecified atom stereocenters. The molecule has 2 amide bonds. The van der Waals surface area contributed by atoms with Crippen LogP contribution >= 0.6 is 11.3 Å². The average molecular weight is 439 g/mol. The van der Waals surface area contributed by atoms with E-state index in [4.69, 9.17) is 5.73 Å². The van der Waals surface area contributed by atoms with Crippen molar-refractivity contribution in [2.75, 3.05) is 5.32 Å². The normalized spacial score (nSPS) is 16.9. The van der Waals surface area contributed by atoms with Gasteiger partial charge in [0.15, 0.2) is 0 Å². The van der Waals surface area contributed by atoms with Crippen LogP contribution in [0.2, 0.25) is 0 Å². The van der Waals surface area contributed by atoms with Crippen LogP contribution in [-0.4, -0.2) is 11.8 Å². The highest BCUT2D eigenvalue weighted by molar-refractivity contribution is 7.17. The first-order valence-electron chi connectivity index (χ1n) is 10.9. The molecule has 1 aromatic carbocycles. The Morgan fingerprint density at radius 3 is 2.29 bits per heavy atom. The molecule has 0 bridgehead atoms. The zero-order chi connectivity index (χ0) is 23.0. The maximum atomic E-state index is 12.6. The molecule has 1 aromatic heterocycles. The molecule has 31 heavy (non-hydrogen) atoms. The van der Waals surface area contributed by atoms with Crippen LogP contribution in [0.3, 0.4) is 0 Å². The van der Waals surface area contributed by atoms with Crippen LogP contribution in [0.1, 0.15) is 79.9 Å². The molecule has 4 nitrogen and oxygen atoms in total. The second-order valence-electron chi connectivity index (χ2n) is 10.6. The quantitative estimate of drug-likeness (QED) is 0.579. The van der Waals surface area contributed by atoms with Gasteiger partial charge >= 0.3 is 0 Å². The monoisotopic (exact) mass is 438 g/mol. The number of benzene rings is 1. The maximum Gasteiger partial charge on any atom is 0.251 e. The van der Waals surface area contributed by atoms with Crippen molar-refractivity contribution >= 4 is 34.2 Å². The van der Waals surface area contributed by atoms with Crippen LogP contribution in [0.4, 0.5) is 5.00 Å². The Morgan fingerprint density at radius 1 is 1.10 bits per heavy atom. The molecule has 3 N–H and O–H groups in total. The van der Waals surface area contributed by atoms with Gasteiger partial charge in [-0.25, -0.2) is 0 Å². The summed E-state index contributed by atoms with van der Waals surface area (Å²) in [4.78, 5) is 25.9. The molecule has 0 fully saturated rings. The van der Waals surface area contributed by atoms with Gasteiger partial charge in [0, 0.05) is 11.0 Å². The molecule has 2 aromatic rings. The third-order valence-corrected chi connectivity index (χ3v) is 7.35. The van der Waals surface area contributed by atoms with Gasteiger partial charge in [-0.15, -0.1) is 11.3 Å². The smallest absolute Gasteiger partial charge is 0.251 e. The minimum absolute atomic E-state index is 0.0923. The number of carbonyl (C=O) groups is 2. The van der Waals surface area contributed by atoms with E-state index in [1.807, 2.05) is 12.1 Å². The van der Waals surface area contributed by atoms with E-state index < -0.39 is 5.91 Å². The third kappa shape index (κ3) is 5.45. The second-order valence-corrected chi connectivity index (χ2v) is 11.7. The molecule has 0 saturated carbocycles. The van der Waals surface area contributed by atoms with Crippen molar-refractivity contribution in [1.29, 1.82) is 0 Å². The molecular weight excluding hydrogens is 404 g/mol. The van der Waals surface area contributed by atoms with Crippen molar-refractivity contribution in [3.05, 3.63) is 57.5 Å². The molecule has 0 spiro atoms. The molecule has 1 atom stereocenters. The van der Waals surface area contributed by atoms with E-state index in [1.165, 1.54) is 27.9 Å². The van der Waals surface area contributed by atoms with Crippen LogP contribution in [0, 0.1) is 11.3 Å². The van der Waals surface area contributed by atoms with E-state index in [1.54, 1.807) is 6.08 Å². The number of anilines is 1. The minimum Gasteiger partial charge on any atom is -0.365 e. The van der Waals surface area contributed by atoms with Crippen LogP contribution < -0.4 is 11.1 Å². The van der Waals surface area contributed by atoms with Gasteiger partial charge in [-0.1, -0.05) is 65.8 Å². The molecular formula is C26H34N2O2S. The molecule has 1 heterocycles. The number of hydrogen-bond acceptors (Lipinski definition) is 3. The van der Waals surface area contributed by atoms with Crippen LogP contribution in [-0.2, 0) is 23.1 Å². The summed E-state index contributed by atoms with van der Waals surface area (Å²) in [7, 11) is 0. The van der Waals surface area contributed by atoms with Crippen LogP contribution in [0.15, 0.2) is 30.3 Å². The molecule has 1 aliphatic rings. The minimum atomic E-state index is -0.469. The third-order valence-electron chi connectivity index (χ3n) is 6.18. The Bertz CT molecular complexity index is 1000. The number of rotatable bonds is 4. The highest BCUT2D eigenvalue weighted by Crippen LogP contribution is 2.44. The van der Waals surface area contributed by atoms with Gasteiger partial charge in [-0.3, -0.25) is 9.59 Å². The summed E-state index contributed by atoms with van der Waals surface area (Å²) >= 11 is 1.50. The van der Waals surface area contributed by atoms with E-state index in [2.05, 4.69) is 59.0 Å². The van der Waals surface area contributed by atoms with Gasteiger partial charge in [0.05, 0.1) is 5.56 Å². The predicted octanol–water partition coefficient (Wildman–Crippen LogP) is 5.95. The Balaban J connectivity index is 1.76. The lowest BCUT2D eigenvalue weighted by atomic mass is 9.72. The lowest BCUT2D eigenvalue weighted by molar-refractivity contribution is -0.111. The number of fused-ring (bicyclic) bond motifs is 1. The standard InChI is InChI=1S/C26H34N2O2S/c1-25(2,3)17-10-7-16(8-11-17)9-14-21(29)28-24-22(23(27)30)19-13-12-18(26(4,5)6)15-20(19)31-24/h7-11,14,18H,12-13,15H2,1-6H3,(H2,27,30)(H,28,29)/b14-9+. The lowest BCUT2D eigenvalue weighted by Gasteiger charge is -2.33. The summed E-state index contributed by atoms with van der Waals surface area (Å²) in [5.41, 5.74) is 9.71. The van der Waals surface area contributed by atoms with E-state index in [0.29, 0.717) is 16.5 Å². The lowest BCUT2D eigenvalue weighted by Crippen LogP contribution is -2.27. The van der Waals surface area contributed by atoms with Crippen molar-refractivity contribution in [3.63, 3.8) is 0 Å². The van der Waals surface area contributed by atoms with Gasteiger partial charge in [0.25, 0.3) is 5.91 Å². The number of hydrogen-bond donors (Lipinski definition) is 2. The van der Waals surface area contributed by atoms with Crippen molar-refractivity contribution in [2.45, 2.75) is 66.2 Å². The van der Waals surface area contributed by atoms with Gasteiger partial charge < -0.3 is 11.1 Å². The number of primary amides is 1. The number of nitrogens with one attached hydrogen (secondary N) is 1. The van der Waals surface area contributed by atoms with E-state index in [9.17, 15) is 9.59 Å². The Morgan fingerprint density at radius 2 is 1.74 bits per heavy atom. The topological polar surface area (TPSA) is 72.2 Å². The van der Waals surface area contributed by atoms with Gasteiger partial charge in [-0.05, 0) is 58.8 Å². The zero-order valence-corrected chi connectivity index (χ0v) is 20.3. The summed E-state index contributed by atoms with van der Waals surface area (Å²) in [6.45, 7) is 13.3. The molecule has 0 aliphatic heterocycles. The van der Waals surface area contributed by atoms with E-state index in [-0.39, 0.29) is 16.7 Å². The molecule has 0 saturated heterocycles.